The van der Waals surface area contributed by atoms with Crippen LogP contribution in [0, 0.1) is 0 Å². The molecule has 7 nitrogen and oxygen atoms in total. The number of hydrogen-bond acceptors (Lipinski definition) is 4. The van der Waals surface area contributed by atoms with Gasteiger partial charge in [0.2, 0.25) is 0 Å². The largest absolute Gasteiger partial charge is 0.454 e. The van der Waals surface area contributed by atoms with E-state index in [1.54, 1.807) is 6.07 Å². The Bertz CT molecular complexity index is 449. The number of primary amides is 1. The monoisotopic (exact) mass is 252 g/mol. The van der Waals surface area contributed by atoms with Crippen molar-refractivity contribution in [2.24, 2.45) is 16.5 Å². The highest BCUT2D eigenvalue weighted by Crippen LogP contribution is 2.08. The normalized spacial score (nSPS) is 16.9. The lowest BCUT2D eigenvalue weighted by Gasteiger charge is -2.27. The van der Waals surface area contributed by atoms with Gasteiger partial charge in [-0.15, -0.1) is 0 Å². The Morgan fingerprint density at radius 3 is 2.67 bits per heavy atom. The lowest BCUT2D eigenvalue weighted by Crippen LogP contribution is -2.44. The van der Waals surface area contributed by atoms with Crippen LogP contribution >= 0.6 is 0 Å². The van der Waals surface area contributed by atoms with Crippen LogP contribution in [0.15, 0.2) is 21.5 Å². The number of aliphatic imine (C=N–C) groups is 1. The molecule has 0 atom stereocenters. The smallest absolute Gasteiger partial charge is 0.284 e. The number of carbonyl (C=O) groups excluding carboxylic acids is 1. The van der Waals surface area contributed by atoms with Crippen molar-refractivity contribution in [3.05, 3.63) is 23.7 Å². The van der Waals surface area contributed by atoms with E-state index in [0.29, 0.717) is 24.9 Å². The van der Waals surface area contributed by atoms with E-state index in [1.807, 2.05) is 4.90 Å². The van der Waals surface area contributed by atoms with E-state index in [1.165, 1.54) is 6.07 Å². The summed E-state index contributed by atoms with van der Waals surface area (Å²) in [6.07, 6.45) is 0. The summed E-state index contributed by atoms with van der Waals surface area (Å²) in [4.78, 5) is 17.0. The Labute approximate surface area is 104 Å². The first-order valence-electron chi connectivity index (χ1n) is 5.68. The Kier molecular flexibility index (Phi) is 3.83. The molecule has 1 fully saturated rings. The first-order valence-corrected chi connectivity index (χ1v) is 5.68. The van der Waals surface area contributed by atoms with Crippen LogP contribution in [0.25, 0.3) is 0 Å². The summed E-state index contributed by atoms with van der Waals surface area (Å²) in [6, 6.07) is 3.19. The van der Waals surface area contributed by atoms with Crippen molar-refractivity contribution in [3.8, 4) is 0 Å². The summed E-state index contributed by atoms with van der Waals surface area (Å²) in [7, 11) is 0. The Balaban J connectivity index is 1.93. The van der Waals surface area contributed by atoms with Gasteiger partial charge in [0.25, 0.3) is 5.91 Å². The van der Waals surface area contributed by atoms with Crippen molar-refractivity contribution in [1.29, 1.82) is 0 Å². The topological polar surface area (TPSA) is 107 Å². The SMILES string of the molecule is NC(=O)c1ccc(CN=C(N)N2CCOCC2)o1. The first kappa shape index (κ1) is 12.4. The molecule has 1 aromatic heterocycles. The van der Waals surface area contributed by atoms with Gasteiger partial charge in [-0.05, 0) is 12.1 Å². The lowest BCUT2D eigenvalue weighted by atomic mass is 10.4. The number of ether oxygens (including phenoxy) is 1. The van der Waals surface area contributed by atoms with Crippen LogP contribution in [0.2, 0.25) is 0 Å². The molecular weight excluding hydrogens is 236 g/mol. The molecule has 1 aromatic rings. The number of rotatable bonds is 3. The molecule has 2 heterocycles. The molecule has 98 valence electrons. The van der Waals surface area contributed by atoms with E-state index in [0.717, 1.165) is 13.1 Å². The number of nitrogens with two attached hydrogens (primary N) is 2. The number of nitrogens with zero attached hydrogens (tertiary/aromatic N) is 2. The van der Waals surface area contributed by atoms with Crippen LogP contribution in [0.4, 0.5) is 0 Å². The van der Waals surface area contributed by atoms with Crippen molar-refractivity contribution < 1.29 is 13.9 Å². The third-order valence-corrected chi connectivity index (χ3v) is 2.64. The molecule has 0 spiro atoms. The van der Waals surface area contributed by atoms with Crippen LogP contribution in [-0.2, 0) is 11.3 Å². The lowest BCUT2D eigenvalue weighted by molar-refractivity contribution is 0.0674. The van der Waals surface area contributed by atoms with E-state index in [4.69, 9.17) is 20.6 Å². The minimum Gasteiger partial charge on any atom is -0.454 e. The van der Waals surface area contributed by atoms with Crippen molar-refractivity contribution in [1.82, 2.24) is 4.90 Å². The fourth-order valence-corrected chi connectivity index (χ4v) is 1.65. The van der Waals surface area contributed by atoms with Crippen molar-refractivity contribution in [2.75, 3.05) is 26.3 Å². The second-order valence-electron chi connectivity index (χ2n) is 3.90. The maximum atomic E-state index is 10.8. The second kappa shape index (κ2) is 5.54. The third-order valence-electron chi connectivity index (χ3n) is 2.64. The number of morpholine rings is 1. The highest BCUT2D eigenvalue weighted by atomic mass is 16.5. The Hall–Kier alpha value is -2.02. The Morgan fingerprint density at radius 2 is 2.06 bits per heavy atom. The molecule has 0 aliphatic carbocycles. The van der Waals surface area contributed by atoms with E-state index >= 15 is 0 Å². The Morgan fingerprint density at radius 1 is 1.33 bits per heavy atom. The van der Waals surface area contributed by atoms with Crippen molar-refractivity contribution >= 4 is 11.9 Å². The van der Waals surface area contributed by atoms with Crippen LogP contribution in [0.5, 0.6) is 0 Å². The summed E-state index contributed by atoms with van der Waals surface area (Å²) in [5.74, 6) is 0.548. The zero-order chi connectivity index (χ0) is 13.0. The molecule has 18 heavy (non-hydrogen) atoms. The molecule has 1 aliphatic heterocycles. The molecule has 1 saturated heterocycles. The van der Waals surface area contributed by atoms with Gasteiger partial charge in [0, 0.05) is 13.1 Å². The van der Waals surface area contributed by atoms with Gasteiger partial charge in [-0.25, -0.2) is 4.99 Å². The zero-order valence-corrected chi connectivity index (χ0v) is 9.96. The second-order valence-corrected chi connectivity index (χ2v) is 3.90. The van der Waals surface area contributed by atoms with Crippen LogP contribution in [-0.4, -0.2) is 43.1 Å². The summed E-state index contributed by atoms with van der Waals surface area (Å²) < 4.78 is 10.4. The molecule has 0 unspecified atom stereocenters. The van der Waals surface area contributed by atoms with E-state index in [-0.39, 0.29) is 12.3 Å². The van der Waals surface area contributed by atoms with Gasteiger partial charge in [-0.1, -0.05) is 0 Å². The van der Waals surface area contributed by atoms with Gasteiger partial charge >= 0.3 is 0 Å². The molecule has 7 heteroatoms. The summed E-state index contributed by atoms with van der Waals surface area (Å²) in [5, 5.41) is 0. The molecule has 0 radical (unpaired) electrons. The molecule has 0 bridgehead atoms. The maximum Gasteiger partial charge on any atom is 0.284 e. The van der Waals surface area contributed by atoms with Crippen LogP contribution < -0.4 is 11.5 Å². The molecule has 0 aromatic carbocycles. The fourth-order valence-electron chi connectivity index (χ4n) is 1.65. The van der Waals surface area contributed by atoms with Gasteiger partial charge in [-0.2, -0.15) is 0 Å². The number of guanidine groups is 1. The summed E-state index contributed by atoms with van der Waals surface area (Å²) >= 11 is 0. The predicted octanol–water partition coefficient (Wildman–Crippen LogP) is -0.475. The summed E-state index contributed by atoms with van der Waals surface area (Å²) in [5.41, 5.74) is 10.9. The van der Waals surface area contributed by atoms with Crippen molar-refractivity contribution in [2.45, 2.75) is 6.54 Å². The van der Waals surface area contributed by atoms with Gasteiger partial charge in [-0.3, -0.25) is 4.79 Å². The van der Waals surface area contributed by atoms with Crippen LogP contribution in [0.3, 0.4) is 0 Å². The number of carbonyl (C=O) groups is 1. The van der Waals surface area contributed by atoms with Gasteiger partial charge in [0.05, 0.1) is 13.2 Å². The third kappa shape index (κ3) is 3.01. The minimum atomic E-state index is -0.591. The van der Waals surface area contributed by atoms with Gasteiger partial charge in [0.1, 0.15) is 12.3 Å². The van der Waals surface area contributed by atoms with E-state index < -0.39 is 5.91 Å². The van der Waals surface area contributed by atoms with E-state index in [2.05, 4.69) is 4.99 Å². The van der Waals surface area contributed by atoms with Gasteiger partial charge < -0.3 is 25.5 Å². The first-order chi connectivity index (χ1) is 8.66. The van der Waals surface area contributed by atoms with E-state index in [9.17, 15) is 4.79 Å². The van der Waals surface area contributed by atoms with Crippen molar-refractivity contribution in [3.63, 3.8) is 0 Å². The minimum absolute atomic E-state index is 0.130. The molecule has 4 N–H and O–H groups in total. The average molecular weight is 252 g/mol. The quantitative estimate of drug-likeness (QED) is 0.558. The fraction of sp³-hybridized carbons (Fsp3) is 0.455. The van der Waals surface area contributed by atoms with Crippen LogP contribution in [0.1, 0.15) is 16.3 Å². The molecule has 0 saturated carbocycles. The molecular formula is C11H16N4O3. The number of furan rings is 1. The number of amides is 1. The molecule has 1 aliphatic rings. The highest BCUT2D eigenvalue weighted by molar-refractivity contribution is 5.89. The summed E-state index contributed by atoms with van der Waals surface area (Å²) in [6.45, 7) is 3.07. The zero-order valence-electron chi connectivity index (χ0n) is 9.96. The average Bonchev–Trinajstić information content (AvgIpc) is 2.86. The number of hydrogen-bond donors (Lipinski definition) is 2. The predicted molar refractivity (Wildman–Crippen MR) is 64.9 cm³/mol. The molecule has 2 rings (SSSR count). The maximum absolute atomic E-state index is 10.8. The molecule has 1 amide bonds. The standard InChI is InChI=1S/C11H16N4O3/c12-10(16)9-2-1-8(18-9)7-14-11(13)15-3-5-17-6-4-15/h1-2H,3-7H2,(H2,12,16)(H2,13,14). The van der Waals surface area contributed by atoms with Gasteiger partial charge in [0.15, 0.2) is 11.7 Å². The highest BCUT2D eigenvalue weighted by Gasteiger charge is 2.12.